The first-order chi connectivity index (χ1) is 14.0. The SMILES string of the molecule is O=C1NCC2(CCN(CCOC(c3cccc(F)c3)c3cccc(F)c3)CC2)O1. The van der Waals surface area contributed by atoms with Crippen molar-refractivity contribution < 1.29 is 23.0 Å². The van der Waals surface area contributed by atoms with Crippen molar-refractivity contribution in [1.29, 1.82) is 0 Å². The van der Waals surface area contributed by atoms with Gasteiger partial charge in [0, 0.05) is 32.5 Å². The van der Waals surface area contributed by atoms with E-state index in [2.05, 4.69) is 10.2 Å². The van der Waals surface area contributed by atoms with Crippen LogP contribution in [0, 0.1) is 11.6 Å². The van der Waals surface area contributed by atoms with E-state index in [0.717, 1.165) is 25.9 Å². The molecule has 2 fully saturated rings. The normalized spacial score (nSPS) is 18.8. The highest BCUT2D eigenvalue weighted by atomic mass is 19.1. The standard InChI is InChI=1S/C22H24F2N2O3/c23-18-5-1-3-16(13-18)20(17-4-2-6-19(24)14-17)28-12-11-26-9-7-22(8-10-26)15-25-21(27)29-22/h1-6,13-14,20H,7-12,15H2,(H,25,27). The van der Waals surface area contributed by atoms with Crippen LogP contribution in [0.4, 0.5) is 13.6 Å². The van der Waals surface area contributed by atoms with Crippen LogP contribution in [0.5, 0.6) is 0 Å². The summed E-state index contributed by atoms with van der Waals surface area (Å²) in [6.45, 7) is 3.30. The Morgan fingerprint density at radius 1 is 1.07 bits per heavy atom. The second-order valence-electron chi connectivity index (χ2n) is 7.63. The van der Waals surface area contributed by atoms with Gasteiger partial charge in [0.2, 0.25) is 0 Å². The van der Waals surface area contributed by atoms with Crippen LogP contribution in [0.25, 0.3) is 0 Å². The molecule has 0 radical (unpaired) electrons. The van der Waals surface area contributed by atoms with Crippen LogP contribution < -0.4 is 5.32 Å². The van der Waals surface area contributed by atoms with Crippen molar-refractivity contribution in [3.63, 3.8) is 0 Å². The molecule has 5 nitrogen and oxygen atoms in total. The number of halogens is 2. The Kier molecular flexibility index (Phi) is 5.78. The van der Waals surface area contributed by atoms with Gasteiger partial charge < -0.3 is 19.7 Å². The number of piperidine rings is 1. The van der Waals surface area contributed by atoms with Crippen molar-refractivity contribution in [3.05, 3.63) is 71.3 Å². The highest BCUT2D eigenvalue weighted by Crippen LogP contribution is 2.30. The summed E-state index contributed by atoms with van der Waals surface area (Å²) in [5.74, 6) is -0.706. The number of nitrogens with zero attached hydrogens (tertiary/aromatic N) is 1. The van der Waals surface area contributed by atoms with Crippen molar-refractivity contribution in [2.75, 3.05) is 32.8 Å². The molecule has 4 rings (SSSR count). The van der Waals surface area contributed by atoms with Gasteiger partial charge in [-0.15, -0.1) is 0 Å². The van der Waals surface area contributed by atoms with Crippen LogP contribution in [-0.4, -0.2) is 49.4 Å². The minimum Gasteiger partial charge on any atom is -0.441 e. The van der Waals surface area contributed by atoms with E-state index in [1.165, 1.54) is 24.3 Å². The average Bonchev–Trinajstić information content (AvgIpc) is 3.07. The first-order valence-electron chi connectivity index (χ1n) is 9.85. The molecule has 0 atom stereocenters. The molecule has 2 aliphatic heterocycles. The van der Waals surface area contributed by atoms with Gasteiger partial charge in [0.05, 0.1) is 13.2 Å². The lowest BCUT2D eigenvalue weighted by atomic mass is 9.92. The molecule has 7 heteroatoms. The van der Waals surface area contributed by atoms with Crippen LogP contribution in [0.2, 0.25) is 0 Å². The van der Waals surface area contributed by atoms with Crippen molar-refractivity contribution in [1.82, 2.24) is 10.2 Å². The fourth-order valence-corrected chi connectivity index (χ4v) is 3.99. The summed E-state index contributed by atoms with van der Waals surface area (Å²) < 4.78 is 39.0. The number of rotatable bonds is 6. The Morgan fingerprint density at radius 3 is 2.21 bits per heavy atom. The molecule has 2 heterocycles. The summed E-state index contributed by atoms with van der Waals surface area (Å²) in [5.41, 5.74) is 0.925. The van der Waals surface area contributed by atoms with E-state index in [9.17, 15) is 13.6 Å². The van der Waals surface area contributed by atoms with Crippen molar-refractivity contribution in [2.45, 2.75) is 24.5 Å². The number of alkyl carbamates (subject to hydrolysis) is 1. The highest BCUT2D eigenvalue weighted by molar-refractivity contribution is 5.70. The van der Waals surface area contributed by atoms with E-state index < -0.39 is 6.10 Å². The Hall–Kier alpha value is -2.51. The Balaban J connectivity index is 1.37. The van der Waals surface area contributed by atoms with E-state index in [0.29, 0.717) is 30.8 Å². The van der Waals surface area contributed by atoms with Gasteiger partial charge >= 0.3 is 6.09 Å². The molecule has 0 unspecified atom stereocenters. The van der Waals surface area contributed by atoms with Crippen LogP contribution in [-0.2, 0) is 9.47 Å². The van der Waals surface area contributed by atoms with Crippen LogP contribution >= 0.6 is 0 Å². The zero-order valence-electron chi connectivity index (χ0n) is 16.1. The Bertz CT molecular complexity index is 823. The predicted octanol–water partition coefficient (Wildman–Crippen LogP) is 3.65. The number of hydrogen-bond donors (Lipinski definition) is 1. The zero-order chi connectivity index (χ0) is 20.3. The summed E-state index contributed by atoms with van der Waals surface area (Å²) in [7, 11) is 0. The lowest BCUT2D eigenvalue weighted by Gasteiger charge is -2.37. The maximum atomic E-state index is 13.7. The van der Waals surface area contributed by atoms with Crippen LogP contribution in [0.1, 0.15) is 30.1 Å². The number of amides is 1. The topological polar surface area (TPSA) is 50.8 Å². The van der Waals surface area contributed by atoms with Gasteiger partial charge in [0.1, 0.15) is 23.3 Å². The number of carbonyl (C=O) groups excluding carboxylic acids is 1. The molecule has 29 heavy (non-hydrogen) atoms. The smallest absolute Gasteiger partial charge is 0.407 e. The molecular formula is C22H24F2N2O3. The number of likely N-dealkylation sites (tertiary alicyclic amines) is 1. The summed E-state index contributed by atoms with van der Waals surface area (Å²) >= 11 is 0. The molecule has 2 aromatic rings. The number of nitrogens with one attached hydrogen (secondary N) is 1. The Labute approximate surface area is 168 Å². The minimum atomic E-state index is -0.544. The highest BCUT2D eigenvalue weighted by Gasteiger charge is 2.42. The van der Waals surface area contributed by atoms with E-state index in [1.54, 1.807) is 24.3 Å². The zero-order valence-corrected chi connectivity index (χ0v) is 16.1. The largest absolute Gasteiger partial charge is 0.441 e. The lowest BCUT2D eigenvalue weighted by molar-refractivity contribution is -0.0105. The quantitative estimate of drug-likeness (QED) is 0.802. The summed E-state index contributed by atoms with van der Waals surface area (Å²) in [6.07, 6.45) is 0.679. The van der Waals surface area contributed by atoms with E-state index in [1.807, 2.05) is 0 Å². The molecule has 2 aromatic carbocycles. The van der Waals surface area contributed by atoms with E-state index >= 15 is 0 Å². The van der Waals surface area contributed by atoms with Gasteiger partial charge in [-0.1, -0.05) is 24.3 Å². The van der Waals surface area contributed by atoms with E-state index in [-0.39, 0.29) is 23.3 Å². The maximum absolute atomic E-state index is 13.7. The number of benzene rings is 2. The van der Waals surface area contributed by atoms with Crippen molar-refractivity contribution in [2.24, 2.45) is 0 Å². The molecule has 0 aliphatic carbocycles. The van der Waals surface area contributed by atoms with Gasteiger partial charge in [-0.2, -0.15) is 0 Å². The second kappa shape index (κ2) is 8.47. The third kappa shape index (κ3) is 4.74. The summed E-state index contributed by atoms with van der Waals surface area (Å²) in [5, 5.41) is 2.73. The minimum absolute atomic E-state index is 0.338. The van der Waals surface area contributed by atoms with E-state index in [4.69, 9.17) is 9.47 Å². The van der Waals surface area contributed by atoms with Crippen LogP contribution in [0.15, 0.2) is 48.5 Å². The van der Waals surface area contributed by atoms with Crippen LogP contribution in [0.3, 0.4) is 0 Å². The second-order valence-corrected chi connectivity index (χ2v) is 7.63. The fourth-order valence-electron chi connectivity index (χ4n) is 3.99. The van der Waals surface area contributed by atoms with Gasteiger partial charge in [-0.3, -0.25) is 0 Å². The molecule has 1 spiro atoms. The lowest BCUT2D eigenvalue weighted by Crippen LogP contribution is -2.47. The van der Waals surface area contributed by atoms with Crippen molar-refractivity contribution >= 4 is 6.09 Å². The molecule has 154 valence electrons. The first kappa shape index (κ1) is 19.8. The van der Waals surface area contributed by atoms with Gasteiger partial charge in [0.15, 0.2) is 0 Å². The molecule has 0 aromatic heterocycles. The predicted molar refractivity (Wildman–Crippen MR) is 103 cm³/mol. The molecule has 2 aliphatic rings. The number of hydrogen-bond acceptors (Lipinski definition) is 4. The third-order valence-corrected chi connectivity index (χ3v) is 5.63. The fraction of sp³-hybridized carbons (Fsp3) is 0.409. The molecule has 0 bridgehead atoms. The van der Waals surface area contributed by atoms with Gasteiger partial charge in [-0.05, 0) is 35.4 Å². The first-order valence-corrected chi connectivity index (χ1v) is 9.85. The number of ether oxygens (including phenoxy) is 2. The number of carbonyl (C=O) groups is 1. The molecule has 2 saturated heterocycles. The van der Waals surface area contributed by atoms with Gasteiger partial charge in [0.25, 0.3) is 0 Å². The van der Waals surface area contributed by atoms with Gasteiger partial charge in [-0.25, -0.2) is 13.6 Å². The maximum Gasteiger partial charge on any atom is 0.407 e. The molecule has 1 amide bonds. The molecule has 1 N–H and O–H groups in total. The monoisotopic (exact) mass is 402 g/mol. The van der Waals surface area contributed by atoms with Crippen molar-refractivity contribution in [3.8, 4) is 0 Å². The Morgan fingerprint density at radius 2 is 1.69 bits per heavy atom. The third-order valence-electron chi connectivity index (χ3n) is 5.63. The average molecular weight is 402 g/mol. The molecular weight excluding hydrogens is 378 g/mol. The molecule has 0 saturated carbocycles. The summed E-state index contributed by atoms with van der Waals surface area (Å²) in [4.78, 5) is 13.6. The summed E-state index contributed by atoms with van der Waals surface area (Å²) in [6, 6.07) is 12.4.